The maximum absolute atomic E-state index is 13.3. The van der Waals surface area contributed by atoms with E-state index in [1.165, 1.54) is 24.9 Å². The molecule has 7 heteroatoms. The fourth-order valence-corrected chi connectivity index (χ4v) is 5.27. The Morgan fingerprint density at radius 3 is 2.72 bits per heavy atom. The van der Waals surface area contributed by atoms with Gasteiger partial charge in [0.15, 0.2) is 0 Å². The molecule has 0 bridgehead atoms. The fourth-order valence-electron chi connectivity index (χ4n) is 4.42. The summed E-state index contributed by atoms with van der Waals surface area (Å²) in [7, 11) is 0. The normalized spacial score (nSPS) is 13.6. The summed E-state index contributed by atoms with van der Waals surface area (Å²) >= 11 is 1.81. The number of carbonyl (C=O) groups is 1. The zero-order chi connectivity index (χ0) is 25.2. The summed E-state index contributed by atoms with van der Waals surface area (Å²) in [6.07, 6.45) is 5.54. The van der Waals surface area contributed by atoms with Crippen LogP contribution in [0.1, 0.15) is 40.7 Å². The molecular formula is C29H36N4O2S. The molecule has 0 atom stereocenters. The van der Waals surface area contributed by atoms with E-state index in [-0.39, 0.29) is 12.5 Å². The van der Waals surface area contributed by atoms with Gasteiger partial charge < -0.3 is 20.6 Å². The van der Waals surface area contributed by atoms with Crippen LogP contribution >= 0.6 is 11.8 Å². The lowest BCUT2D eigenvalue weighted by Crippen LogP contribution is -2.29. The molecule has 2 aromatic carbocycles. The maximum atomic E-state index is 13.3. The highest BCUT2D eigenvalue weighted by atomic mass is 32.2. The second-order valence-electron chi connectivity index (χ2n) is 9.18. The van der Waals surface area contributed by atoms with Gasteiger partial charge in [0.25, 0.3) is 5.91 Å². The number of aliphatic hydroxyl groups is 1. The minimum absolute atomic E-state index is 0.119. The Morgan fingerprint density at radius 1 is 1.06 bits per heavy atom. The molecule has 0 radical (unpaired) electrons. The lowest BCUT2D eigenvalue weighted by Gasteiger charge is -2.29. The molecule has 1 aliphatic rings. The van der Waals surface area contributed by atoms with Crippen LogP contribution in [0.4, 0.5) is 11.4 Å². The van der Waals surface area contributed by atoms with Gasteiger partial charge in [0.05, 0.1) is 18.0 Å². The van der Waals surface area contributed by atoms with Crippen LogP contribution in [0, 0.1) is 6.92 Å². The zero-order valence-corrected chi connectivity index (χ0v) is 21.8. The Hall–Kier alpha value is -2.87. The third-order valence-corrected chi connectivity index (χ3v) is 7.36. The van der Waals surface area contributed by atoms with Crippen molar-refractivity contribution in [1.29, 1.82) is 0 Å². The molecule has 1 fully saturated rings. The smallest absolute Gasteiger partial charge is 0.255 e. The molecule has 1 saturated heterocycles. The van der Waals surface area contributed by atoms with Crippen LogP contribution in [-0.4, -0.2) is 54.5 Å². The van der Waals surface area contributed by atoms with Gasteiger partial charge in [0.2, 0.25) is 0 Å². The van der Waals surface area contributed by atoms with Crippen LogP contribution in [0.15, 0.2) is 60.8 Å². The van der Waals surface area contributed by atoms with Crippen molar-refractivity contribution in [2.45, 2.75) is 31.9 Å². The topological polar surface area (TPSA) is 77.5 Å². The van der Waals surface area contributed by atoms with Gasteiger partial charge in [-0.25, -0.2) is 0 Å². The lowest BCUT2D eigenvalue weighted by molar-refractivity contribution is 0.102. The van der Waals surface area contributed by atoms with Gasteiger partial charge in [-0.1, -0.05) is 12.1 Å². The van der Waals surface area contributed by atoms with E-state index in [9.17, 15) is 4.79 Å². The molecule has 2 heterocycles. The second kappa shape index (κ2) is 13.4. The number of anilines is 2. The summed E-state index contributed by atoms with van der Waals surface area (Å²) in [6.45, 7) is 5.82. The lowest BCUT2D eigenvalue weighted by atomic mass is 10.0. The molecule has 3 aromatic rings. The molecule has 1 aromatic heterocycles. The van der Waals surface area contributed by atoms with Crippen molar-refractivity contribution in [3.05, 3.63) is 77.5 Å². The summed E-state index contributed by atoms with van der Waals surface area (Å²) < 4.78 is 0. The predicted molar refractivity (Wildman–Crippen MR) is 151 cm³/mol. The minimum atomic E-state index is -0.119. The number of benzene rings is 2. The van der Waals surface area contributed by atoms with Crippen molar-refractivity contribution in [1.82, 2.24) is 10.3 Å². The molecule has 4 rings (SSSR count). The first-order valence-corrected chi connectivity index (χ1v) is 13.9. The summed E-state index contributed by atoms with van der Waals surface area (Å²) in [4.78, 5) is 20.3. The number of aryl methyl sites for hydroxylation is 1. The molecular weight excluding hydrogens is 468 g/mol. The Morgan fingerprint density at radius 2 is 1.92 bits per heavy atom. The highest BCUT2D eigenvalue weighted by Gasteiger charge is 2.16. The van der Waals surface area contributed by atoms with Gasteiger partial charge in [-0.2, -0.15) is 11.8 Å². The number of pyridine rings is 1. The van der Waals surface area contributed by atoms with Crippen molar-refractivity contribution in [3.8, 4) is 11.3 Å². The van der Waals surface area contributed by atoms with Crippen molar-refractivity contribution in [2.75, 3.05) is 48.8 Å². The van der Waals surface area contributed by atoms with Crippen molar-refractivity contribution in [2.24, 2.45) is 0 Å². The van der Waals surface area contributed by atoms with Gasteiger partial charge >= 0.3 is 0 Å². The summed E-state index contributed by atoms with van der Waals surface area (Å²) in [5, 5.41) is 15.2. The Kier molecular flexibility index (Phi) is 9.78. The summed E-state index contributed by atoms with van der Waals surface area (Å²) in [6, 6.07) is 18.2. The first-order valence-electron chi connectivity index (χ1n) is 12.8. The van der Waals surface area contributed by atoms with E-state index in [1.807, 2.05) is 48.3 Å². The number of rotatable bonds is 11. The van der Waals surface area contributed by atoms with Crippen LogP contribution in [-0.2, 0) is 5.75 Å². The molecule has 0 spiro atoms. The fraction of sp³-hybridized carbons (Fsp3) is 0.379. The van der Waals surface area contributed by atoms with Gasteiger partial charge in [0.1, 0.15) is 0 Å². The van der Waals surface area contributed by atoms with E-state index in [2.05, 4.69) is 51.7 Å². The molecule has 6 nitrogen and oxygen atoms in total. The van der Waals surface area contributed by atoms with Gasteiger partial charge in [-0.3, -0.25) is 9.78 Å². The zero-order valence-electron chi connectivity index (χ0n) is 21.0. The molecule has 1 amide bonds. The van der Waals surface area contributed by atoms with E-state index in [1.54, 1.807) is 0 Å². The summed E-state index contributed by atoms with van der Waals surface area (Å²) in [5.74, 6) is 1.67. The number of thioether (sulfide) groups is 1. The van der Waals surface area contributed by atoms with Crippen LogP contribution in [0.3, 0.4) is 0 Å². The molecule has 36 heavy (non-hydrogen) atoms. The predicted octanol–water partition coefficient (Wildman–Crippen LogP) is 5.11. The van der Waals surface area contributed by atoms with E-state index in [0.717, 1.165) is 59.2 Å². The molecule has 0 aliphatic carbocycles. The number of aliphatic hydroxyl groups excluding tert-OH is 1. The average molecular weight is 505 g/mol. The molecule has 0 unspecified atom stereocenters. The molecule has 1 aliphatic heterocycles. The Labute approximate surface area is 218 Å². The van der Waals surface area contributed by atoms with Crippen molar-refractivity contribution >= 4 is 29.0 Å². The number of piperidine rings is 1. The largest absolute Gasteiger partial charge is 0.395 e. The molecule has 0 saturated carbocycles. The number of nitrogens with one attached hydrogen (secondary N) is 2. The number of amides is 1. The third-order valence-electron chi connectivity index (χ3n) is 6.33. The molecule has 3 N–H and O–H groups in total. The second-order valence-corrected chi connectivity index (χ2v) is 10.3. The van der Waals surface area contributed by atoms with Crippen LogP contribution < -0.4 is 15.5 Å². The Balaban J connectivity index is 1.50. The SMILES string of the molecule is Cc1ccnc(-c2cc(N3CCCCC3)ccc2NC(=O)c2cccc(CSCCNCCO)c2)c1. The maximum Gasteiger partial charge on any atom is 0.255 e. The van der Waals surface area contributed by atoms with Gasteiger partial charge in [-0.15, -0.1) is 0 Å². The quantitative estimate of drug-likeness (QED) is 0.315. The minimum Gasteiger partial charge on any atom is -0.395 e. The first-order chi connectivity index (χ1) is 17.6. The van der Waals surface area contributed by atoms with Gasteiger partial charge in [0, 0.05) is 60.7 Å². The number of aromatic nitrogens is 1. The van der Waals surface area contributed by atoms with Crippen LogP contribution in [0.5, 0.6) is 0 Å². The van der Waals surface area contributed by atoms with Crippen molar-refractivity contribution < 1.29 is 9.90 Å². The first kappa shape index (κ1) is 26.2. The van der Waals surface area contributed by atoms with Gasteiger partial charge in [-0.05, 0) is 79.8 Å². The Bertz CT molecular complexity index is 1150. The van der Waals surface area contributed by atoms with E-state index in [0.29, 0.717) is 12.1 Å². The summed E-state index contributed by atoms with van der Waals surface area (Å²) in [5.41, 5.74) is 6.66. The molecule has 190 valence electrons. The number of carbonyl (C=O) groups excluding carboxylic acids is 1. The van der Waals surface area contributed by atoms with E-state index < -0.39 is 0 Å². The average Bonchev–Trinajstić information content (AvgIpc) is 2.91. The number of hydrogen-bond acceptors (Lipinski definition) is 6. The number of nitrogens with zero attached hydrogens (tertiary/aromatic N) is 2. The standard InChI is InChI=1S/C29H36N4O2S/c1-22-10-11-31-28(18-22)26-20-25(33-14-3-2-4-15-33)8-9-27(26)32-29(35)24-7-5-6-23(19-24)21-36-17-13-30-12-16-34/h5-11,18-20,30,34H,2-4,12-17,21H2,1H3,(H,32,35). The monoisotopic (exact) mass is 504 g/mol. The highest BCUT2D eigenvalue weighted by molar-refractivity contribution is 7.98. The van der Waals surface area contributed by atoms with Crippen LogP contribution in [0.25, 0.3) is 11.3 Å². The number of hydrogen-bond donors (Lipinski definition) is 3. The van der Waals surface area contributed by atoms with Crippen molar-refractivity contribution in [3.63, 3.8) is 0 Å². The highest BCUT2D eigenvalue weighted by Crippen LogP contribution is 2.33. The van der Waals surface area contributed by atoms with E-state index in [4.69, 9.17) is 5.11 Å². The van der Waals surface area contributed by atoms with Crippen LogP contribution in [0.2, 0.25) is 0 Å². The van der Waals surface area contributed by atoms with E-state index >= 15 is 0 Å². The third kappa shape index (κ3) is 7.32.